The molecule has 0 unspecified atom stereocenters. The average Bonchev–Trinajstić information content (AvgIpc) is 3.62. The van der Waals surface area contributed by atoms with Crippen LogP contribution in [-0.4, -0.2) is 15.0 Å². The van der Waals surface area contributed by atoms with Crippen molar-refractivity contribution in [2.45, 2.75) is 5.41 Å². The zero-order chi connectivity index (χ0) is 39.2. The summed E-state index contributed by atoms with van der Waals surface area (Å²) in [6.45, 7) is 0. The molecule has 11 rings (SSSR count). The van der Waals surface area contributed by atoms with Crippen LogP contribution in [0.4, 0.5) is 0 Å². The predicted molar refractivity (Wildman–Crippen MR) is 242 cm³/mol. The second kappa shape index (κ2) is 14.3. The van der Waals surface area contributed by atoms with Crippen LogP contribution in [0.5, 0.6) is 0 Å². The van der Waals surface area contributed by atoms with Crippen molar-refractivity contribution in [1.29, 1.82) is 0 Å². The first-order chi connectivity index (χ1) is 29.2. The third-order valence-corrected chi connectivity index (χ3v) is 11.8. The van der Waals surface area contributed by atoms with Crippen LogP contribution >= 0.6 is 0 Å². The minimum Gasteiger partial charge on any atom is -0.208 e. The van der Waals surface area contributed by atoms with Gasteiger partial charge in [-0.3, -0.25) is 0 Å². The number of hydrogen-bond acceptors (Lipinski definition) is 3. The maximum Gasteiger partial charge on any atom is 0.164 e. The molecule has 0 saturated carbocycles. The van der Waals surface area contributed by atoms with E-state index in [9.17, 15) is 0 Å². The molecule has 0 amide bonds. The van der Waals surface area contributed by atoms with Crippen molar-refractivity contribution in [2.24, 2.45) is 0 Å². The molecule has 0 fully saturated rings. The van der Waals surface area contributed by atoms with Crippen molar-refractivity contribution in [2.75, 3.05) is 0 Å². The lowest BCUT2D eigenvalue weighted by atomic mass is 9.67. The van der Waals surface area contributed by atoms with Gasteiger partial charge in [0.25, 0.3) is 0 Å². The summed E-state index contributed by atoms with van der Waals surface area (Å²) < 4.78 is 0. The molecular weight excluding hydrogens is 715 g/mol. The fraction of sp³-hybridized carbons (Fsp3) is 0.0179. The molecule has 10 aromatic rings. The van der Waals surface area contributed by atoms with Gasteiger partial charge in [-0.1, -0.05) is 212 Å². The van der Waals surface area contributed by atoms with E-state index in [1.54, 1.807) is 0 Å². The van der Waals surface area contributed by atoms with E-state index < -0.39 is 5.41 Å². The lowest BCUT2D eigenvalue weighted by Crippen LogP contribution is -2.28. The van der Waals surface area contributed by atoms with E-state index in [0.29, 0.717) is 17.5 Å². The molecule has 0 radical (unpaired) electrons. The first-order valence-electron chi connectivity index (χ1n) is 20.1. The molecule has 0 atom stereocenters. The molecule has 1 aromatic heterocycles. The summed E-state index contributed by atoms with van der Waals surface area (Å²) >= 11 is 0. The van der Waals surface area contributed by atoms with Crippen LogP contribution in [0.3, 0.4) is 0 Å². The van der Waals surface area contributed by atoms with Gasteiger partial charge < -0.3 is 0 Å². The van der Waals surface area contributed by atoms with Crippen LogP contribution in [-0.2, 0) is 5.41 Å². The first-order valence-corrected chi connectivity index (χ1v) is 20.1. The molecule has 0 N–H and O–H groups in total. The van der Waals surface area contributed by atoms with Gasteiger partial charge in [0, 0.05) is 16.7 Å². The fourth-order valence-corrected chi connectivity index (χ4v) is 9.07. The van der Waals surface area contributed by atoms with Crippen LogP contribution in [0.15, 0.2) is 224 Å². The van der Waals surface area contributed by atoms with Gasteiger partial charge in [0.2, 0.25) is 0 Å². The van der Waals surface area contributed by atoms with E-state index in [2.05, 4.69) is 200 Å². The van der Waals surface area contributed by atoms with Crippen molar-refractivity contribution in [3.05, 3.63) is 247 Å². The van der Waals surface area contributed by atoms with Crippen molar-refractivity contribution in [3.63, 3.8) is 0 Å². The predicted octanol–water partition coefficient (Wildman–Crippen LogP) is 13.7. The van der Waals surface area contributed by atoms with Crippen LogP contribution in [0.25, 0.3) is 78.3 Å². The van der Waals surface area contributed by atoms with Gasteiger partial charge in [0.05, 0.1) is 5.41 Å². The second-order valence-corrected chi connectivity index (χ2v) is 15.1. The highest BCUT2D eigenvalue weighted by Crippen LogP contribution is 2.56. The second-order valence-electron chi connectivity index (χ2n) is 15.1. The van der Waals surface area contributed by atoms with Crippen molar-refractivity contribution in [3.8, 4) is 67.5 Å². The van der Waals surface area contributed by atoms with E-state index in [1.165, 1.54) is 44.5 Å². The van der Waals surface area contributed by atoms with Crippen LogP contribution < -0.4 is 0 Å². The molecule has 1 heterocycles. The molecule has 1 aliphatic rings. The Morgan fingerprint density at radius 2 is 0.729 bits per heavy atom. The molecule has 9 aromatic carbocycles. The number of benzene rings is 9. The molecular formula is C56H37N3. The maximum absolute atomic E-state index is 5.14. The van der Waals surface area contributed by atoms with Crippen LogP contribution in [0.1, 0.15) is 22.3 Å². The van der Waals surface area contributed by atoms with Gasteiger partial charge in [-0.15, -0.1) is 0 Å². The number of hydrogen-bond donors (Lipinski definition) is 0. The minimum atomic E-state index is -0.455. The lowest BCUT2D eigenvalue weighted by molar-refractivity contribution is 0.769. The van der Waals surface area contributed by atoms with E-state index in [0.717, 1.165) is 38.6 Å². The molecule has 3 nitrogen and oxygen atoms in total. The van der Waals surface area contributed by atoms with E-state index in [-0.39, 0.29) is 0 Å². The molecule has 0 saturated heterocycles. The Balaban J connectivity index is 1.03. The summed E-state index contributed by atoms with van der Waals surface area (Å²) in [6, 6.07) is 80.1. The number of fused-ring (bicyclic) bond motifs is 4. The first kappa shape index (κ1) is 34.5. The zero-order valence-electron chi connectivity index (χ0n) is 32.2. The molecule has 276 valence electrons. The summed E-state index contributed by atoms with van der Waals surface area (Å²) in [7, 11) is 0. The van der Waals surface area contributed by atoms with Crippen molar-refractivity contribution < 1.29 is 0 Å². The zero-order valence-corrected chi connectivity index (χ0v) is 32.2. The normalized spacial score (nSPS) is 12.5. The number of rotatable bonds is 7. The maximum atomic E-state index is 5.14. The summed E-state index contributed by atoms with van der Waals surface area (Å²) in [5.74, 6) is 1.93. The molecule has 0 bridgehead atoms. The lowest BCUT2D eigenvalue weighted by Gasteiger charge is -2.34. The minimum absolute atomic E-state index is 0.455. The SMILES string of the molecule is c1ccc(-c2ccc(-c3nc(-c4ccccc4)nc(-c4cccc5cc(-c6ccc7c(c6)C(c6ccccc6)(c6ccccc6)c6ccccc6-7)ccc45)n3)cc2)cc1. The molecule has 0 aliphatic heterocycles. The Kier molecular flexibility index (Phi) is 8.37. The highest BCUT2D eigenvalue weighted by molar-refractivity contribution is 5.98. The highest BCUT2D eigenvalue weighted by atomic mass is 15.0. The Hall–Kier alpha value is -7.75. The smallest absolute Gasteiger partial charge is 0.164 e. The van der Waals surface area contributed by atoms with Crippen molar-refractivity contribution in [1.82, 2.24) is 15.0 Å². The highest BCUT2D eigenvalue weighted by Gasteiger charge is 2.46. The van der Waals surface area contributed by atoms with E-state index in [4.69, 9.17) is 15.0 Å². The molecule has 1 aliphatic carbocycles. The monoisotopic (exact) mass is 751 g/mol. The van der Waals surface area contributed by atoms with Gasteiger partial charge >= 0.3 is 0 Å². The van der Waals surface area contributed by atoms with E-state index >= 15 is 0 Å². The topological polar surface area (TPSA) is 38.7 Å². The third-order valence-electron chi connectivity index (χ3n) is 11.8. The van der Waals surface area contributed by atoms with Gasteiger partial charge in [0.15, 0.2) is 17.5 Å². The van der Waals surface area contributed by atoms with E-state index in [1.807, 2.05) is 24.3 Å². The third kappa shape index (κ3) is 5.86. The standard InChI is InChI=1S/C56H37N3/c1-5-16-38(17-6-1)39-28-30-41(31-29-39)54-57-53(40-18-7-2-8-19-40)58-55(59-54)50-26-15-20-44-36-42(32-34-47(44)50)43-33-35-49-48-25-13-14-27-51(48)56(52(49)37-43,45-21-9-3-10-22-45)46-23-11-4-12-24-46/h1-37H. The molecule has 0 spiro atoms. The fourth-order valence-electron chi connectivity index (χ4n) is 9.07. The molecule has 3 heteroatoms. The largest absolute Gasteiger partial charge is 0.208 e. The quantitative estimate of drug-likeness (QED) is 0.163. The summed E-state index contributed by atoms with van der Waals surface area (Å²) in [6.07, 6.45) is 0. The Morgan fingerprint density at radius 1 is 0.271 bits per heavy atom. The van der Waals surface area contributed by atoms with Crippen LogP contribution in [0, 0.1) is 0 Å². The number of aromatic nitrogens is 3. The Morgan fingerprint density at radius 3 is 1.41 bits per heavy atom. The van der Waals surface area contributed by atoms with Gasteiger partial charge in [0.1, 0.15) is 0 Å². The Labute approximate surface area is 344 Å². The van der Waals surface area contributed by atoms with Crippen molar-refractivity contribution >= 4 is 10.8 Å². The summed E-state index contributed by atoms with van der Waals surface area (Å²) in [5, 5.41) is 2.21. The number of nitrogens with zero attached hydrogens (tertiary/aromatic N) is 3. The average molecular weight is 752 g/mol. The summed E-state index contributed by atoms with van der Waals surface area (Å²) in [5.41, 5.74) is 14.7. The van der Waals surface area contributed by atoms with Gasteiger partial charge in [-0.2, -0.15) is 0 Å². The van der Waals surface area contributed by atoms with Crippen LogP contribution in [0.2, 0.25) is 0 Å². The van der Waals surface area contributed by atoms with Gasteiger partial charge in [-0.25, -0.2) is 15.0 Å². The summed E-state index contributed by atoms with van der Waals surface area (Å²) in [4.78, 5) is 15.3. The molecule has 59 heavy (non-hydrogen) atoms. The Bertz CT molecular complexity index is 3080. The van der Waals surface area contributed by atoms with Gasteiger partial charge in [-0.05, 0) is 78.5 Å².